The molecule has 1 aromatic heterocycles. The van der Waals surface area contributed by atoms with E-state index in [4.69, 9.17) is 0 Å². The Kier molecular flexibility index (Phi) is 3.40. The highest BCUT2D eigenvalue weighted by Gasteiger charge is 2.35. The number of aromatic nitrogens is 2. The van der Waals surface area contributed by atoms with Crippen LogP contribution in [0.25, 0.3) is 11.0 Å². The van der Waals surface area contributed by atoms with Crippen LogP contribution in [0.3, 0.4) is 0 Å². The Morgan fingerprint density at radius 3 is 2.26 bits per heavy atom. The fraction of sp³-hybridized carbons (Fsp3) is 0.421. The zero-order valence-electron chi connectivity index (χ0n) is 13.6. The fourth-order valence-corrected chi connectivity index (χ4v) is 3.73. The van der Waals surface area contributed by atoms with Gasteiger partial charge in [0.15, 0.2) is 0 Å². The number of hydrogen-bond acceptors (Lipinski definition) is 3. The molecule has 4 nitrogen and oxygen atoms in total. The second-order valence-electron chi connectivity index (χ2n) is 6.77. The lowest BCUT2D eigenvalue weighted by molar-refractivity contribution is 0.0784. The molecule has 0 radical (unpaired) electrons. The van der Waals surface area contributed by atoms with Crippen LogP contribution in [0.4, 0.5) is 0 Å². The van der Waals surface area contributed by atoms with Gasteiger partial charge in [0.05, 0.1) is 22.4 Å². The lowest BCUT2D eigenvalue weighted by Gasteiger charge is -2.17. The summed E-state index contributed by atoms with van der Waals surface area (Å²) in [6.45, 7) is 5.67. The van der Waals surface area contributed by atoms with Crippen LogP contribution in [-0.2, 0) is 0 Å². The van der Waals surface area contributed by atoms with E-state index in [0.29, 0.717) is 11.8 Å². The van der Waals surface area contributed by atoms with Crippen molar-refractivity contribution in [3.63, 3.8) is 0 Å². The standard InChI is InChI=1S/C19H21N3O/c1-12-13(2)21-18-9-14(7-8-17(18)20-12)19(23)22-10-15-5-3-4-6-16(15)11-22/h3-4,7-9,15-16H,5-6,10-11H2,1-2H3. The van der Waals surface area contributed by atoms with E-state index in [0.717, 1.165) is 53.9 Å². The van der Waals surface area contributed by atoms with Crippen LogP contribution in [0.2, 0.25) is 0 Å². The minimum atomic E-state index is 0.126. The van der Waals surface area contributed by atoms with Gasteiger partial charge in [0, 0.05) is 18.7 Å². The highest BCUT2D eigenvalue weighted by Crippen LogP contribution is 2.33. The maximum Gasteiger partial charge on any atom is 0.253 e. The van der Waals surface area contributed by atoms with Gasteiger partial charge in [0.25, 0.3) is 5.91 Å². The van der Waals surface area contributed by atoms with Gasteiger partial charge in [-0.25, -0.2) is 9.97 Å². The Bertz CT molecular complexity index is 796. The summed E-state index contributed by atoms with van der Waals surface area (Å²) in [6, 6.07) is 5.68. The van der Waals surface area contributed by atoms with E-state index in [2.05, 4.69) is 22.1 Å². The molecule has 0 spiro atoms. The SMILES string of the molecule is Cc1nc2ccc(C(=O)N3CC4CC=CCC4C3)cc2nc1C. The third kappa shape index (κ3) is 2.52. The van der Waals surface area contributed by atoms with Gasteiger partial charge in [0.2, 0.25) is 0 Å². The molecule has 23 heavy (non-hydrogen) atoms. The molecule has 4 rings (SSSR count). The first kappa shape index (κ1) is 14.4. The summed E-state index contributed by atoms with van der Waals surface area (Å²) in [4.78, 5) is 24.0. The Balaban J connectivity index is 1.61. The number of nitrogens with zero attached hydrogens (tertiary/aromatic N) is 3. The van der Waals surface area contributed by atoms with Crippen LogP contribution in [0.1, 0.15) is 34.6 Å². The predicted octanol–water partition coefficient (Wildman–Crippen LogP) is 3.28. The van der Waals surface area contributed by atoms with Gasteiger partial charge in [-0.2, -0.15) is 0 Å². The number of likely N-dealkylation sites (tertiary alicyclic amines) is 1. The number of fused-ring (bicyclic) bond motifs is 2. The molecule has 0 saturated carbocycles. The summed E-state index contributed by atoms with van der Waals surface area (Å²) >= 11 is 0. The van der Waals surface area contributed by atoms with Gasteiger partial charge >= 0.3 is 0 Å². The van der Waals surface area contributed by atoms with E-state index in [1.54, 1.807) is 0 Å². The van der Waals surface area contributed by atoms with Crippen molar-refractivity contribution in [1.29, 1.82) is 0 Å². The van der Waals surface area contributed by atoms with Crippen LogP contribution in [0.15, 0.2) is 30.4 Å². The highest BCUT2D eigenvalue weighted by atomic mass is 16.2. The number of carbonyl (C=O) groups excluding carboxylic acids is 1. The largest absolute Gasteiger partial charge is 0.338 e. The second-order valence-corrected chi connectivity index (χ2v) is 6.77. The highest BCUT2D eigenvalue weighted by molar-refractivity contribution is 5.97. The van der Waals surface area contributed by atoms with Gasteiger partial charge in [0.1, 0.15) is 0 Å². The van der Waals surface area contributed by atoms with Gasteiger partial charge in [-0.1, -0.05) is 12.2 Å². The minimum Gasteiger partial charge on any atom is -0.338 e. The summed E-state index contributed by atoms with van der Waals surface area (Å²) in [6.07, 6.45) is 6.73. The van der Waals surface area contributed by atoms with Crippen molar-refractivity contribution in [1.82, 2.24) is 14.9 Å². The zero-order valence-corrected chi connectivity index (χ0v) is 13.6. The molecular weight excluding hydrogens is 286 g/mol. The number of carbonyl (C=O) groups is 1. The molecule has 1 aromatic carbocycles. The Labute approximate surface area is 136 Å². The van der Waals surface area contributed by atoms with Crippen LogP contribution in [-0.4, -0.2) is 33.9 Å². The molecule has 1 amide bonds. The van der Waals surface area contributed by atoms with E-state index in [9.17, 15) is 4.79 Å². The Morgan fingerprint density at radius 2 is 1.61 bits per heavy atom. The Morgan fingerprint density at radius 1 is 1.00 bits per heavy atom. The number of rotatable bonds is 1. The molecule has 2 aliphatic rings. The van der Waals surface area contributed by atoms with Crippen LogP contribution < -0.4 is 0 Å². The van der Waals surface area contributed by atoms with E-state index in [-0.39, 0.29) is 5.91 Å². The molecule has 0 N–H and O–H groups in total. The molecule has 2 unspecified atom stereocenters. The molecule has 118 valence electrons. The number of hydrogen-bond donors (Lipinski definition) is 0. The normalized spacial score (nSPS) is 23.3. The predicted molar refractivity (Wildman–Crippen MR) is 90.3 cm³/mol. The second kappa shape index (κ2) is 5.44. The molecule has 1 aliphatic carbocycles. The van der Waals surface area contributed by atoms with Crippen molar-refractivity contribution in [3.05, 3.63) is 47.3 Å². The first-order valence-electron chi connectivity index (χ1n) is 8.31. The third-order valence-corrected chi connectivity index (χ3v) is 5.23. The van der Waals surface area contributed by atoms with Gasteiger partial charge in [-0.3, -0.25) is 4.79 Å². The number of allylic oxidation sites excluding steroid dienone is 2. The van der Waals surface area contributed by atoms with Gasteiger partial charge in [-0.05, 0) is 56.7 Å². The molecular formula is C19H21N3O. The van der Waals surface area contributed by atoms with Gasteiger partial charge < -0.3 is 4.90 Å². The fourth-order valence-electron chi connectivity index (χ4n) is 3.73. The van der Waals surface area contributed by atoms with Crippen LogP contribution >= 0.6 is 0 Å². The van der Waals surface area contributed by atoms with E-state index < -0.39 is 0 Å². The zero-order chi connectivity index (χ0) is 16.0. The maximum atomic E-state index is 12.8. The van der Waals surface area contributed by atoms with Crippen molar-refractivity contribution in [3.8, 4) is 0 Å². The molecule has 1 aliphatic heterocycles. The smallest absolute Gasteiger partial charge is 0.253 e. The summed E-state index contributed by atoms with van der Waals surface area (Å²) in [5, 5.41) is 0. The molecule has 1 fully saturated rings. The monoisotopic (exact) mass is 307 g/mol. The van der Waals surface area contributed by atoms with Crippen molar-refractivity contribution in [2.24, 2.45) is 11.8 Å². The summed E-state index contributed by atoms with van der Waals surface area (Å²) in [5.41, 5.74) is 4.23. The molecule has 2 heterocycles. The van der Waals surface area contributed by atoms with E-state index in [1.807, 2.05) is 36.9 Å². The first-order chi connectivity index (χ1) is 11.1. The van der Waals surface area contributed by atoms with E-state index in [1.165, 1.54) is 0 Å². The van der Waals surface area contributed by atoms with E-state index >= 15 is 0 Å². The molecule has 0 bridgehead atoms. The average molecular weight is 307 g/mol. The topological polar surface area (TPSA) is 46.1 Å². The van der Waals surface area contributed by atoms with Crippen molar-refractivity contribution in [2.45, 2.75) is 26.7 Å². The maximum absolute atomic E-state index is 12.8. The lowest BCUT2D eigenvalue weighted by Crippen LogP contribution is -2.29. The van der Waals surface area contributed by atoms with Gasteiger partial charge in [-0.15, -0.1) is 0 Å². The number of benzene rings is 1. The summed E-state index contributed by atoms with van der Waals surface area (Å²) in [7, 11) is 0. The minimum absolute atomic E-state index is 0.126. The number of amides is 1. The summed E-state index contributed by atoms with van der Waals surface area (Å²) < 4.78 is 0. The van der Waals surface area contributed by atoms with Crippen molar-refractivity contribution < 1.29 is 4.79 Å². The first-order valence-corrected chi connectivity index (χ1v) is 8.31. The molecule has 1 saturated heterocycles. The lowest BCUT2D eigenvalue weighted by atomic mass is 9.86. The van der Waals surface area contributed by atoms with Crippen LogP contribution in [0, 0.1) is 25.7 Å². The molecule has 2 atom stereocenters. The van der Waals surface area contributed by atoms with Crippen molar-refractivity contribution in [2.75, 3.05) is 13.1 Å². The third-order valence-electron chi connectivity index (χ3n) is 5.23. The average Bonchev–Trinajstić information content (AvgIpc) is 2.99. The van der Waals surface area contributed by atoms with Crippen molar-refractivity contribution >= 4 is 16.9 Å². The Hall–Kier alpha value is -2.23. The molecule has 2 aromatic rings. The molecule has 4 heteroatoms. The van der Waals surface area contributed by atoms with Crippen LogP contribution in [0.5, 0.6) is 0 Å². The summed E-state index contributed by atoms with van der Waals surface area (Å²) in [5.74, 6) is 1.39. The quantitative estimate of drug-likeness (QED) is 0.760. The number of aryl methyl sites for hydroxylation is 2.